The Balaban J connectivity index is 2.39. The Kier molecular flexibility index (Phi) is 4.25. The van der Waals surface area contributed by atoms with E-state index in [-0.39, 0.29) is 5.82 Å². The van der Waals surface area contributed by atoms with E-state index in [1.165, 1.54) is 23.5 Å². The van der Waals surface area contributed by atoms with Gasteiger partial charge in [-0.05, 0) is 24.1 Å². The fourth-order valence-electron chi connectivity index (χ4n) is 1.72. The molecule has 0 saturated heterocycles. The van der Waals surface area contributed by atoms with Crippen molar-refractivity contribution in [3.05, 3.63) is 43.6 Å². The Hall–Kier alpha value is -0.650. The predicted molar refractivity (Wildman–Crippen MR) is 77.8 cm³/mol. The first kappa shape index (κ1) is 13.8. The number of anilines is 1. The Morgan fingerprint density at radius 2 is 2.22 bits per heavy atom. The number of hydrogen-bond donors (Lipinski definition) is 1. The van der Waals surface area contributed by atoms with E-state index in [4.69, 9.17) is 17.3 Å². The Labute approximate surface area is 122 Å². The van der Waals surface area contributed by atoms with Gasteiger partial charge in [0.1, 0.15) is 5.82 Å². The van der Waals surface area contributed by atoms with Crippen LogP contribution < -0.4 is 5.73 Å². The molecule has 0 aliphatic carbocycles. The van der Waals surface area contributed by atoms with Gasteiger partial charge < -0.3 is 5.73 Å². The summed E-state index contributed by atoms with van der Waals surface area (Å²) in [6.45, 7) is 2.03. The maximum absolute atomic E-state index is 13.2. The van der Waals surface area contributed by atoms with E-state index >= 15 is 0 Å². The number of aryl methyl sites for hydroxylation is 1. The third kappa shape index (κ3) is 2.84. The number of halogens is 3. The molecule has 18 heavy (non-hydrogen) atoms. The number of benzene rings is 1. The van der Waals surface area contributed by atoms with Crippen molar-refractivity contribution in [3.8, 4) is 0 Å². The number of rotatable bonds is 3. The number of nitrogens with zero attached hydrogens (tertiary/aromatic N) is 1. The van der Waals surface area contributed by atoms with Gasteiger partial charge in [-0.2, -0.15) is 0 Å². The lowest BCUT2D eigenvalue weighted by atomic mass is 10.1. The molecule has 2 nitrogen and oxygen atoms in total. The normalized spacial score (nSPS) is 10.9. The van der Waals surface area contributed by atoms with Gasteiger partial charge in [0.2, 0.25) is 0 Å². The average molecular weight is 350 g/mol. The molecule has 0 unspecified atom stereocenters. The van der Waals surface area contributed by atoms with Crippen molar-refractivity contribution in [1.29, 1.82) is 0 Å². The van der Waals surface area contributed by atoms with Crippen LogP contribution >= 0.6 is 38.9 Å². The fourth-order valence-corrected chi connectivity index (χ4v) is 3.61. The van der Waals surface area contributed by atoms with Crippen molar-refractivity contribution in [2.24, 2.45) is 0 Å². The number of aromatic nitrogens is 1. The van der Waals surface area contributed by atoms with Gasteiger partial charge in [0.25, 0.3) is 0 Å². The summed E-state index contributed by atoms with van der Waals surface area (Å²) in [6.07, 6.45) is 1.43. The van der Waals surface area contributed by atoms with Gasteiger partial charge >= 0.3 is 0 Å². The molecule has 2 aromatic rings. The molecule has 0 aliphatic rings. The second-order valence-corrected chi connectivity index (χ2v) is 6.18. The van der Waals surface area contributed by atoms with Crippen molar-refractivity contribution in [1.82, 2.24) is 4.98 Å². The van der Waals surface area contributed by atoms with Gasteiger partial charge in [-0.15, -0.1) is 11.3 Å². The molecule has 1 heterocycles. The second kappa shape index (κ2) is 5.55. The zero-order valence-corrected chi connectivity index (χ0v) is 12.8. The summed E-state index contributed by atoms with van der Waals surface area (Å²) in [4.78, 5) is 5.34. The van der Waals surface area contributed by atoms with Crippen LogP contribution in [-0.4, -0.2) is 4.98 Å². The highest BCUT2D eigenvalue weighted by atomic mass is 79.9. The molecule has 0 bridgehead atoms. The molecule has 1 aromatic heterocycles. The molecule has 0 fully saturated rings. The molecular formula is C12H11BrClFN2S. The number of nitrogens with two attached hydrogens (primary N) is 1. The van der Waals surface area contributed by atoms with Crippen molar-refractivity contribution >= 4 is 44.0 Å². The summed E-state index contributed by atoms with van der Waals surface area (Å²) in [5, 5.41) is 0.965. The Morgan fingerprint density at radius 3 is 2.83 bits per heavy atom. The predicted octanol–water partition coefficient (Wildman–Crippen LogP) is 4.43. The van der Waals surface area contributed by atoms with Gasteiger partial charge in [0.15, 0.2) is 5.13 Å². The lowest BCUT2D eigenvalue weighted by Gasteiger charge is -2.07. The van der Waals surface area contributed by atoms with Crippen LogP contribution in [0.4, 0.5) is 9.52 Å². The van der Waals surface area contributed by atoms with Gasteiger partial charge in [-0.25, -0.2) is 9.37 Å². The van der Waals surface area contributed by atoms with E-state index < -0.39 is 0 Å². The van der Waals surface area contributed by atoms with Gasteiger partial charge in [0.05, 0.1) is 5.69 Å². The van der Waals surface area contributed by atoms with Crippen LogP contribution in [0.2, 0.25) is 5.02 Å². The van der Waals surface area contributed by atoms with Gasteiger partial charge in [-0.3, -0.25) is 0 Å². The first-order valence-corrected chi connectivity index (χ1v) is 7.37. The van der Waals surface area contributed by atoms with Crippen LogP contribution in [0, 0.1) is 5.82 Å². The molecule has 2 rings (SSSR count). The van der Waals surface area contributed by atoms with Crippen LogP contribution in [0.1, 0.15) is 23.1 Å². The molecule has 1 aromatic carbocycles. The third-order valence-corrected chi connectivity index (χ3v) is 4.54. The molecule has 0 atom stereocenters. The van der Waals surface area contributed by atoms with Crippen molar-refractivity contribution in [3.63, 3.8) is 0 Å². The summed E-state index contributed by atoms with van der Waals surface area (Å²) >= 11 is 10.9. The smallest absolute Gasteiger partial charge is 0.180 e. The van der Waals surface area contributed by atoms with Crippen molar-refractivity contribution in [2.45, 2.75) is 19.8 Å². The molecule has 0 saturated carbocycles. The quantitative estimate of drug-likeness (QED) is 0.890. The summed E-state index contributed by atoms with van der Waals surface area (Å²) in [5.41, 5.74) is 7.55. The molecule has 96 valence electrons. The summed E-state index contributed by atoms with van der Waals surface area (Å²) in [6, 6.07) is 2.73. The van der Waals surface area contributed by atoms with E-state index in [0.29, 0.717) is 21.0 Å². The van der Waals surface area contributed by atoms with E-state index in [1.807, 2.05) is 6.92 Å². The average Bonchev–Trinajstić information content (AvgIpc) is 2.64. The van der Waals surface area contributed by atoms with Crippen LogP contribution in [0.3, 0.4) is 0 Å². The minimum atomic E-state index is -0.352. The molecular weight excluding hydrogens is 339 g/mol. The highest BCUT2D eigenvalue weighted by molar-refractivity contribution is 9.10. The molecule has 6 heteroatoms. The number of thiazole rings is 1. The summed E-state index contributed by atoms with van der Waals surface area (Å²) in [7, 11) is 0. The lowest BCUT2D eigenvalue weighted by Crippen LogP contribution is -1.94. The van der Waals surface area contributed by atoms with Crippen molar-refractivity contribution in [2.75, 3.05) is 5.73 Å². The minimum Gasteiger partial charge on any atom is -0.375 e. The number of hydrogen-bond acceptors (Lipinski definition) is 3. The fraction of sp³-hybridized carbons (Fsp3) is 0.250. The van der Waals surface area contributed by atoms with E-state index in [9.17, 15) is 4.39 Å². The van der Waals surface area contributed by atoms with Crippen LogP contribution in [0.5, 0.6) is 0 Å². The Morgan fingerprint density at radius 1 is 1.50 bits per heavy atom. The van der Waals surface area contributed by atoms with E-state index in [2.05, 4.69) is 20.9 Å². The first-order valence-electron chi connectivity index (χ1n) is 5.38. The standard InChI is InChI=1S/C12H11BrClFN2S/c1-2-10-11(18-12(16)17-10)5-7-8(13)3-6(15)4-9(7)14/h3-4H,2,5H2,1H3,(H2,16,17). The monoisotopic (exact) mass is 348 g/mol. The van der Waals surface area contributed by atoms with Crippen LogP contribution in [-0.2, 0) is 12.8 Å². The molecule has 0 aliphatic heterocycles. The molecule has 0 spiro atoms. The zero-order valence-electron chi connectivity index (χ0n) is 9.64. The molecule has 2 N–H and O–H groups in total. The number of nitrogen functional groups attached to an aromatic ring is 1. The van der Waals surface area contributed by atoms with Crippen LogP contribution in [0.15, 0.2) is 16.6 Å². The zero-order chi connectivity index (χ0) is 13.3. The lowest BCUT2D eigenvalue weighted by molar-refractivity contribution is 0.626. The van der Waals surface area contributed by atoms with E-state index in [0.717, 1.165) is 22.6 Å². The SMILES string of the molecule is CCc1nc(N)sc1Cc1c(Cl)cc(F)cc1Br. The first-order chi connectivity index (χ1) is 8.51. The maximum atomic E-state index is 13.2. The van der Waals surface area contributed by atoms with Crippen molar-refractivity contribution < 1.29 is 4.39 Å². The summed E-state index contributed by atoms with van der Waals surface area (Å²) in [5.74, 6) is -0.352. The largest absolute Gasteiger partial charge is 0.375 e. The topological polar surface area (TPSA) is 38.9 Å². The van der Waals surface area contributed by atoms with Gasteiger partial charge in [0, 0.05) is 20.8 Å². The minimum absolute atomic E-state index is 0.352. The maximum Gasteiger partial charge on any atom is 0.180 e. The van der Waals surface area contributed by atoms with Crippen LogP contribution in [0.25, 0.3) is 0 Å². The van der Waals surface area contributed by atoms with E-state index in [1.54, 1.807) is 0 Å². The third-order valence-electron chi connectivity index (χ3n) is 2.57. The van der Waals surface area contributed by atoms with Gasteiger partial charge in [-0.1, -0.05) is 34.5 Å². The Bertz CT molecular complexity index is 562. The molecule has 0 amide bonds. The highest BCUT2D eigenvalue weighted by Gasteiger charge is 2.14. The molecule has 0 radical (unpaired) electrons. The summed E-state index contributed by atoms with van der Waals surface area (Å²) < 4.78 is 13.8. The second-order valence-electron chi connectivity index (χ2n) is 3.80. The highest BCUT2D eigenvalue weighted by Crippen LogP contribution is 2.32.